The number of carbonyl (C=O) groups is 2. The molecular formula is C25H23N3O2S2. The van der Waals surface area contributed by atoms with Gasteiger partial charge in [-0.05, 0) is 73.9 Å². The first-order valence-electron chi connectivity index (χ1n) is 10.2. The molecule has 162 valence electrons. The van der Waals surface area contributed by atoms with Gasteiger partial charge in [0.15, 0.2) is 4.34 Å². The van der Waals surface area contributed by atoms with Gasteiger partial charge in [0, 0.05) is 16.9 Å². The van der Waals surface area contributed by atoms with Crippen molar-refractivity contribution >= 4 is 56.5 Å². The van der Waals surface area contributed by atoms with E-state index in [1.807, 2.05) is 81.4 Å². The first-order chi connectivity index (χ1) is 15.4. The van der Waals surface area contributed by atoms with Crippen molar-refractivity contribution in [3.05, 3.63) is 82.9 Å². The molecule has 0 aliphatic rings. The lowest BCUT2D eigenvalue weighted by Crippen LogP contribution is -2.14. The molecule has 2 N–H and O–H groups in total. The predicted octanol–water partition coefficient (Wildman–Crippen LogP) is 6.20. The smallest absolute Gasteiger partial charge is 0.255 e. The molecule has 4 rings (SSSR count). The molecule has 5 nitrogen and oxygen atoms in total. The Hall–Kier alpha value is -3.16. The fourth-order valence-electron chi connectivity index (χ4n) is 3.21. The van der Waals surface area contributed by atoms with E-state index in [-0.39, 0.29) is 17.6 Å². The highest BCUT2D eigenvalue weighted by atomic mass is 32.2. The first kappa shape index (κ1) is 22.0. The van der Waals surface area contributed by atoms with Crippen molar-refractivity contribution in [3.8, 4) is 0 Å². The van der Waals surface area contributed by atoms with Crippen molar-refractivity contribution < 1.29 is 9.59 Å². The second kappa shape index (κ2) is 9.54. The third-order valence-corrected chi connectivity index (χ3v) is 7.29. The van der Waals surface area contributed by atoms with E-state index >= 15 is 0 Å². The topological polar surface area (TPSA) is 71.1 Å². The van der Waals surface area contributed by atoms with Crippen molar-refractivity contribution in [2.45, 2.75) is 25.1 Å². The summed E-state index contributed by atoms with van der Waals surface area (Å²) in [7, 11) is 0. The number of thioether (sulfide) groups is 1. The van der Waals surface area contributed by atoms with E-state index in [1.54, 1.807) is 0 Å². The summed E-state index contributed by atoms with van der Waals surface area (Å²) in [5.74, 6) is 0.0807. The Labute approximate surface area is 195 Å². The van der Waals surface area contributed by atoms with Gasteiger partial charge in [0.05, 0.1) is 16.0 Å². The van der Waals surface area contributed by atoms with Gasteiger partial charge in [-0.2, -0.15) is 0 Å². The van der Waals surface area contributed by atoms with E-state index in [4.69, 9.17) is 0 Å². The average Bonchev–Trinajstić information content (AvgIpc) is 3.17. The number of nitrogens with zero attached hydrogens (tertiary/aromatic N) is 1. The van der Waals surface area contributed by atoms with Gasteiger partial charge >= 0.3 is 0 Å². The van der Waals surface area contributed by atoms with Crippen molar-refractivity contribution in [2.75, 3.05) is 16.4 Å². The molecule has 0 spiro atoms. The first-order valence-corrected chi connectivity index (χ1v) is 12.0. The van der Waals surface area contributed by atoms with Crippen LogP contribution in [0.25, 0.3) is 10.2 Å². The Morgan fingerprint density at radius 1 is 0.875 bits per heavy atom. The third kappa shape index (κ3) is 5.18. The molecule has 0 atom stereocenters. The molecule has 0 fully saturated rings. The molecule has 1 heterocycles. The third-order valence-electron chi connectivity index (χ3n) is 5.13. The molecule has 2 amide bonds. The molecule has 0 unspecified atom stereocenters. The summed E-state index contributed by atoms with van der Waals surface area (Å²) in [6.45, 7) is 5.99. The van der Waals surface area contributed by atoms with Crippen LogP contribution in [0, 0.1) is 20.8 Å². The van der Waals surface area contributed by atoms with Crippen LogP contribution >= 0.6 is 23.1 Å². The molecular weight excluding hydrogens is 438 g/mol. The Bertz CT molecular complexity index is 1310. The molecule has 0 radical (unpaired) electrons. The van der Waals surface area contributed by atoms with Gasteiger partial charge in [-0.3, -0.25) is 9.59 Å². The molecule has 0 aliphatic heterocycles. The maximum Gasteiger partial charge on any atom is 0.255 e. The number of anilines is 2. The van der Waals surface area contributed by atoms with Crippen LogP contribution in [0.5, 0.6) is 0 Å². The number of nitrogens with one attached hydrogen (secondary N) is 2. The number of hydrogen-bond donors (Lipinski definition) is 2. The van der Waals surface area contributed by atoms with Gasteiger partial charge in [-0.25, -0.2) is 4.98 Å². The maximum atomic E-state index is 12.6. The Morgan fingerprint density at radius 3 is 2.41 bits per heavy atom. The van der Waals surface area contributed by atoms with E-state index in [0.29, 0.717) is 5.56 Å². The molecule has 0 saturated heterocycles. The highest BCUT2D eigenvalue weighted by Gasteiger charge is 2.12. The monoisotopic (exact) mass is 461 g/mol. The summed E-state index contributed by atoms with van der Waals surface area (Å²) in [4.78, 5) is 29.5. The minimum absolute atomic E-state index is 0.0660. The number of aryl methyl sites for hydroxylation is 3. The van der Waals surface area contributed by atoms with Gasteiger partial charge < -0.3 is 10.6 Å². The lowest BCUT2D eigenvalue weighted by molar-refractivity contribution is -0.113. The van der Waals surface area contributed by atoms with E-state index in [0.717, 1.165) is 37.1 Å². The van der Waals surface area contributed by atoms with Crippen LogP contribution < -0.4 is 10.6 Å². The van der Waals surface area contributed by atoms with E-state index < -0.39 is 0 Å². The number of rotatable bonds is 6. The van der Waals surface area contributed by atoms with Crippen LogP contribution in [0.3, 0.4) is 0 Å². The van der Waals surface area contributed by atoms with E-state index in [1.165, 1.54) is 28.7 Å². The number of aromatic nitrogens is 1. The average molecular weight is 462 g/mol. The number of hydrogen-bond acceptors (Lipinski definition) is 5. The molecule has 1 aromatic heterocycles. The van der Waals surface area contributed by atoms with Crippen LogP contribution in [0.2, 0.25) is 0 Å². The summed E-state index contributed by atoms with van der Waals surface area (Å²) in [6, 6.07) is 19.0. The lowest BCUT2D eigenvalue weighted by atomic mass is 10.1. The summed E-state index contributed by atoms with van der Waals surface area (Å²) in [6.07, 6.45) is 0. The van der Waals surface area contributed by atoms with Crippen LogP contribution in [0.1, 0.15) is 27.0 Å². The quantitative estimate of drug-likeness (QED) is 0.335. The Kier molecular flexibility index (Phi) is 6.58. The molecule has 0 aliphatic carbocycles. The summed E-state index contributed by atoms with van der Waals surface area (Å²) in [5.41, 5.74) is 6.30. The number of amides is 2. The summed E-state index contributed by atoms with van der Waals surface area (Å²) in [5, 5.41) is 5.89. The fourth-order valence-corrected chi connectivity index (χ4v) is 5.12. The fraction of sp³-hybridized carbons (Fsp3) is 0.160. The molecule has 32 heavy (non-hydrogen) atoms. The summed E-state index contributed by atoms with van der Waals surface area (Å²) < 4.78 is 1.78. The zero-order valence-electron chi connectivity index (χ0n) is 18.1. The van der Waals surface area contributed by atoms with Crippen LogP contribution in [-0.4, -0.2) is 22.6 Å². The normalized spacial score (nSPS) is 10.8. The summed E-state index contributed by atoms with van der Waals surface area (Å²) >= 11 is 2.92. The highest BCUT2D eigenvalue weighted by molar-refractivity contribution is 8.01. The molecule has 0 bridgehead atoms. The standard InChI is InChI=1S/C25H23N3O2S2/c1-15-8-9-18(12-17(15)3)26-23(29)14-31-25-28-21-11-10-19(13-22(21)32-25)27-24(30)20-7-5-4-6-16(20)2/h4-13H,14H2,1-3H3,(H,26,29)(H,27,30). The van der Waals surface area contributed by atoms with Gasteiger partial charge in [-0.1, -0.05) is 36.0 Å². The van der Waals surface area contributed by atoms with Crippen molar-refractivity contribution in [1.82, 2.24) is 4.98 Å². The largest absolute Gasteiger partial charge is 0.325 e. The van der Waals surface area contributed by atoms with Gasteiger partial charge in [0.25, 0.3) is 5.91 Å². The van der Waals surface area contributed by atoms with Crippen molar-refractivity contribution in [1.29, 1.82) is 0 Å². The van der Waals surface area contributed by atoms with Crippen LogP contribution in [0.4, 0.5) is 11.4 Å². The SMILES string of the molecule is Cc1ccc(NC(=O)CSc2nc3ccc(NC(=O)c4ccccc4C)cc3s2)cc1C. The van der Waals surface area contributed by atoms with E-state index in [9.17, 15) is 9.59 Å². The maximum absolute atomic E-state index is 12.6. The number of benzene rings is 3. The minimum atomic E-state index is -0.135. The predicted molar refractivity (Wildman–Crippen MR) is 134 cm³/mol. The molecule has 7 heteroatoms. The van der Waals surface area contributed by atoms with Crippen LogP contribution in [-0.2, 0) is 4.79 Å². The van der Waals surface area contributed by atoms with Crippen LogP contribution in [0.15, 0.2) is 65.0 Å². The Morgan fingerprint density at radius 2 is 1.62 bits per heavy atom. The number of thiazole rings is 1. The number of carbonyl (C=O) groups excluding carboxylic acids is 2. The van der Waals surface area contributed by atoms with E-state index in [2.05, 4.69) is 15.6 Å². The van der Waals surface area contributed by atoms with Crippen molar-refractivity contribution in [3.63, 3.8) is 0 Å². The molecule has 0 saturated carbocycles. The lowest BCUT2D eigenvalue weighted by Gasteiger charge is -2.07. The minimum Gasteiger partial charge on any atom is -0.325 e. The molecule has 4 aromatic rings. The van der Waals surface area contributed by atoms with Crippen molar-refractivity contribution in [2.24, 2.45) is 0 Å². The van der Waals surface area contributed by atoms with Gasteiger partial charge in [0.1, 0.15) is 0 Å². The van der Waals surface area contributed by atoms with Gasteiger partial charge in [0.2, 0.25) is 5.91 Å². The second-order valence-corrected chi connectivity index (χ2v) is 9.82. The number of fused-ring (bicyclic) bond motifs is 1. The highest BCUT2D eigenvalue weighted by Crippen LogP contribution is 2.31. The molecule has 3 aromatic carbocycles. The zero-order chi connectivity index (χ0) is 22.7. The zero-order valence-corrected chi connectivity index (χ0v) is 19.7. The second-order valence-electron chi connectivity index (χ2n) is 7.57. The van der Waals surface area contributed by atoms with Gasteiger partial charge in [-0.15, -0.1) is 11.3 Å². The Balaban J connectivity index is 1.39.